The lowest BCUT2D eigenvalue weighted by atomic mass is 10.2. The van der Waals surface area contributed by atoms with E-state index in [2.05, 4.69) is 9.99 Å². The molecule has 0 saturated heterocycles. The maximum Gasteiger partial charge on any atom is 0.379 e. The topological polar surface area (TPSA) is 47.9 Å². The number of rotatable bonds is 4. The number of oxime groups is 1. The van der Waals surface area contributed by atoms with E-state index in [-0.39, 0.29) is 4.49 Å². The number of methoxy groups -OCH3 is 1. The molecule has 1 rings (SSSR count). The Balaban J connectivity index is 2.72. The molecule has 0 aliphatic rings. The number of ether oxygens (including phenoxy) is 1. The van der Waals surface area contributed by atoms with Crippen molar-refractivity contribution >= 4 is 47.0 Å². The molecule has 0 fully saturated rings. The second-order valence-corrected chi connectivity index (χ2v) is 4.26. The number of hydrogen-bond acceptors (Lipinski definition) is 4. The van der Waals surface area contributed by atoms with Crippen molar-refractivity contribution in [2.45, 2.75) is 0 Å². The van der Waals surface area contributed by atoms with Gasteiger partial charge in [0.15, 0.2) is 5.03 Å². The first kappa shape index (κ1) is 14.8. The summed E-state index contributed by atoms with van der Waals surface area (Å²) in [6, 6.07) is 7.07. The van der Waals surface area contributed by atoms with E-state index in [1.54, 1.807) is 24.3 Å². The summed E-state index contributed by atoms with van der Waals surface area (Å²) >= 11 is 16.1. The smallest absolute Gasteiger partial charge is 0.379 e. The zero-order chi connectivity index (χ0) is 13.5. The van der Waals surface area contributed by atoms with Crippen molar-refractivity contribution in [1.29, 1.82) is 0 Å². The van der Waals surface area contributed by atoms with E-state index < -0.39 is 11.0 Å². The molecule has 4 nitrogen and oxygen atoms in total. The Morgan fingerprint density at radius 1 is 1.28 bits per heavy atom. The van der Waals surface area contributed by atoms with Gasteiger partial charge in [0.1, 0.15) is 10.2 Å². The van der Waals surface area contributed by atoms with Crippen LogP contribution in [-0.4, -0.2) is 19.3 Å². The van der Waals surface area contributed by atoms with Gasteiger partial charge in [-0.15, -0.1) is 0 Å². The summed E-state index contributed by atoms with van der Waals surface area (Å²) in [6.07, 6.45) is 1.31. The fourth-order valence-corrected chi connectivity index (χ4v) is 1.21. The van der Waals surface area contributed by atoms with E-state index in [9.17, 15) is 4.79 Å². The summed E-state index contributed by atoms with van der Waals surface area (Å²) in [4.78, 5) is 15.7. The molecule has 0 N–H and O–H groups in total. The summed E-state index contributed by atoms with van der Waals surface area (Å²) in [5, 5.41) is 3.03. The van der Waals surface area contributed by atoms with Crippen LogP contribution in [-0.2, 0) is 9.63 Å². The molecule has 0 amide bonds. The van der Waals surface area contributed by atoms with Gasteiger partial charge >= 0.3 is 5.97 Å². The van der Waals surface area contributed by atoms with Crippen LogP contribution in [0.2, 0.25) is 0 Å². The zero-order valence-corrected chi connectivity index (χ0v) is 11.5. The first-order chi connectivity index (χ1) is 8.56. The molecule has 0 aliphatic heterocycles. The maximum absolute atomic E-state index is 11.2. The van der Waals surface area contributed by atoms with E-state index in [0.717, 1.165) is 0 Å². The molecule has 0 atom stereocenters. The first-order valence-corrected chi connectivity index (χ1v) is 5.78. The lowest BCUT2D eigenvalue weighted by Crippen LogP contribution is -2.00. The van der Waals surface area contributed by atoms with Crippen molar-refractivity contribution in [2.24, 2.45) is 5.16 Å². The van der Waals surface area contributed by atoms with Crippen LogP contribution < -0.4 is 4.74 Å². The molecular formula is C11H8Cl3NO3. The van der Waals surface area contributed by atoms with Crippen molar-refractivity contribution in [3.63, 3.8) is 0 Å². The second kappa shape index (κ2) is 7.26. The zero-order valence-electron chi connectivity index (χ0n) is 9.19. The van der Waals surface area contributed by atoms with Gasteiger partial charge in [-0.1, -0.05) is 52.1 Å². The molecule has 0 radical (unpaired) electrons. The van der Waals surface area contributed by atoms with Crippen molar-refractivity contribution < 1.29 is 14.4 Å². The summed E-state index contributed by atoms with van der Waals surface area (Å²) in [5.74, 6) is -0.350. The Bertz CT molecular complexity index is 496. The summed E-state index contributed by atoms with van der Waals surface area (Å²) in [7, 11) is 1.52. The molecular weight excluding hydrogens is 300 g/mol. The highest BCUT2D eigenvalue weighted by atomic mass is 35.5. The number of hydrogen-bond donors (Lipinski definition) is 0. The molecule has 0 unspecified atom stereocenters. The normalized spacial score (nSPS) is 10.2. The maximum atomic E-state index is 11.2. The Morgan fingerprint density at radius 3 is 2.56 bits per heavy atom. The first-order valence-electron chi connectivity index (χ1n) is 4.64. The van der Waals surface area contributed by atoms with Crippen LogP contribution in [0.3, 0.4) is 0 Å². The van der Waals surface area contributed by atoms with E-state index >= 15 is 0 Å². The highest BCUT2D eigenvalue weighted by molar-refractivity contribution is 6.62. The lowest BCUT2D eigenvalue weighted by molar-refractivity contribution is -0.138. The SMILES string of the molecule is COc1ccccc1C=NOC(=O)C(Cl)=C(Cl)Cl. The fourth-order valence-electron chi connectivity index (χ4n) is 1.02. The Morgan fingerprint density at radius 2 is 1.94 bits per heavy atom. The molecule has 0 heterocycles. The summed E-state index contributed by atoms with van der Waals surface area (Å²) in [6.45, 7) is 0. The summed E-state index contributed by atoms with van der Waals surface area (Å²) in [5.41, 5.74) is 0.643. The van der Waals surface area contributed by atoms with Crippen molar-refractivity contribution in [3.8, 4) is 5.75 Å². The van der Waals surface area contributed by atoms with Crippen LogP contribution in [0.1, 0.15) is 5.56 Å². The molecule has 0 aliphatic carbocycles. The highest BCUT2D eigenvalue weighted by Crippen LogP contribution is 2.19. The third-order valence-corrected chi connectivity index (χ3v) is 2.73. The van der Waals surface area contributed by atoms with Gasteiger partial charge in [-0.05, 0) is 12.1 Å². The van der Waals surface area contributed by atoms with Gasteiger partial charge in [-0.25, -0.2) is 4.79 Å². The van der Waals surface area contributed by atoms with Crippen molar-refractivity contribution in [2.75, 3.05) is 7.11 Å². The minimum Gasteiger partial charge on any atom is -0.496 e. The number of carbonyl (C=O) groups is 1. The van der Waals surface area contributed by atoms with Crippen molar-refractivity contribution in [1.82, 2.24) is 0 Å². The fraction of sp³-hybridized carbons (Fsp3) is 0.0909. The number of halogens is 3. The van der Waals surface area contributed by atoms with Crippen LogP contribution in [0.15, 0.2) is 38.9 Å². The van der Waals surface area contributed by atoms with E-state index in [0.29, 0.717) is 11.3 Å². The predicted molar refractivity (Wildman–Crippen MR) is 71.3 cm³/mol. The van der Waals surface area contributed by atoms with Crippen LogP contribution in [0.4, 0.5) is 0 Å². The van der Waals surface area contributed by atoms with E-state index in [1.165, 1.54) is 13.3 Å². The molecule has 0 spiro atoms. The minimum atomic E-state index is -0.942. The van der Waals surface area contributed by atoms with Crippen LogP contribution in [0.25, 0.3) is 0 Å². The number of para-hydroxylation sites is 1. The molecule has 0 bridgehead atoms. The number of benzene rings is 1. The molecule has 18 heavy (non-hydrogen) atoms. The molecule has 7 heteroatoms. The van der Waals surface area contributed by atoms with E-state index in [1.807, 2.05) is 0 Å². The number of carbonyl (C=O) groups excluding carboxylic acids is 1. The highest BCUT2D eigenvalue weighted by Gasteiger charge is 2.12. The van der Waals surface area contributed by atoms with E-state index in [4.69, 9.17) is 39.5 Å². The molecule has 1 aromatic carbocycles. The summed E-state index contributed by atoms with van der Waals surface area (Å²) < 4.78 is 4.70. The standard InChI is InChI=1S/C11H8Cl3NO3/c1-17-8-5-3-2-4-7(8)6-15-18-11(16)9(12)10(13)14/h2-6H,1H3. The van der Waals surface area contributed by atoms with Gasteiger partial charge in [0, 0.05) is 5.56 Å². The van der Waals surface area contributed by atoms with Gasteiger partial charge in [-0.3, -0.25) is 0 Å². The van der Waals surface area contributed by atoms with Crippen LogP contribution >= 0.6 is 34.8 Å². The molecule has 0 saturated carbocycles. The Labute approximate surface area is 119 Å². The molecule has 0 aromatic heterocycles. The molecule has 96 valence electrons. The second-order valence-electron chi connectivity index (χ2n) is 2.93. The Kier molecular flexibility index (Phi) is 5.98. The van der Waals surface area contributed by atoms with Crippen molar-refractivity contribution in [3.05, 3.63) is 39.4 Å². The third-order valence-electron chi connectivity index (χ3n) is 1.81. The Hall–Kier alpha value is -1.23. The third kappa shape index (κ3) is 4.22. The average molecular weight is 309 g/mol. The minimum absolute atomic E-state index is 0.380. The largest absolute Gasteiger partial charge is 0.496 e. The molecule has 1 aromatic rings. The van der Waals surface area contributed by atoms with Gasteiger partial charge in [0.25, 0.3) is 0 Å². The van der Waals surface area contributed by atoms with Gasteiger partial charge in [-0.2, -0.15) is 0 Å². The van der Waals surface area contributed by atoms with Gasteiger partial charge < -0.3 is 9.57 Å². The predicted octanol–water partition coefficient (Wildman–Crippen LogP) is 3.46. The van der Waals surface area contributed by atoms with Gasteiger partial charge in [0.05, 0.1) is 13.3 Å². The lowest BCUT2D eigenvalue weighted by Gasteiger charge is -2.02. The van der Waals surface area contributed by atoms with Crippen LogP contribution in [0.5, 0.6) is 5.75 Å². The van der Waals surface area contributed by atoms with Crippen LogP contribution in [0, 0.1) is 0 Å². The van der Waals surface area contributed by atoms with Gasteiger partial charge in [0.2, 0.25) is 0 Å². The quantitative estimate of drug-likeness (QED) is 0.370. The monoisotopic (exact) mass is 307 g/mol. The average Bonchev–Trinajstić information content (AvgIpc) is 2.38. The number of nitrogens with zero attached hydrogens (tertiary/aromatic N) is 1.